The fourth-order valence-electron chi connectivity index (χ4n) is 6.02. The van der Waals surface area contributed by atoms with Crippen LogP contribution in [-0.4, -0.2) is 46.6 Å². The standard InChI is InChI=1S/C38H81O6P/c1-4-7-10-13-16-19-22-25-28-31-34-42-38(37-45(39,40)41,43-35-32-29-26-23-20-17-14-11-8-5-2)44-36-33-30-27-24-21-18-15-12-9-6-3/h39-41,45H,4-37H2,1-3H3. The van der Waals surface area contributed by atoms with E-state index in [1.165, 1.54) is 154 Å². The Morgan fingerprint density at radius 1 is 0.333 bits per heavy atom. The summed E-state index contributed by atoms with van der Waals surface area (Å²) < 4.78 is 18.5. The fourth-order valence-corrected chi connectivity index (χ4v) is 6.91. The van der Waals surface area contributed by atoms with Crippen molar-refractivity contribution < 1.29 is 28.9 Å². The van der Waals surface area contributed by atoms with Crippen molar-refractivity contribution in [2.24, 2.45) is 0 Å². The maximum atomic E-state index is 10.1. The van der Waals surface area contributed by atoms with Crippen molar-refractivity contribution in [2.75, 3.05) is 26.0 Å². The first-order valence-corrected chi connectivity index (χ1v) is 22.0. The number of hydrogen-bond donors (Lipinski definition) is 3. The smallest absolute Gasteiger partial charge is 0.0654 e. The molecule has 45 heavy (non-hydrogen) atoms. The zero-order valence-electron chi connectivity index (χ0n) is 30.6. The molecule has 0 radical (unpaired) electrons. The molecular formula is C38H81O6P. The van der Waals surface area contributed by atoms with Gasteiger partial charge in [0.15, 0.2) is 0 Å². The van der Waals surface area contributed by atoms with Gasteiger partial charge in [0.25, 0.3) is 0 Å². The van der Waals surface area contributed by atoms with Gasteiger partial charge in [0, 0.05) is 0 Å². The van der Waals surface area contributed by atoms with E-state index in [2.05, 4.69) is 20.8 Å². The van der Waals surface area contributed by atoms with Crippen LogP contribution in [0.1, 0.15) is 213 Å². The van der Waals surface area contributed by atoms with Gasteiger partial charge in [-0.1, -0.05) is 59.3 Å². The molecule has 0 aliphatic carbocycles. The maximum absolute atomic E-state index is 10.1. The summed E-state index contributed by atoms with van der Waals surface area (Å²) in [6.07, 6.45) is 36.6. The van der Waals surface area contributed by atoms with Gasteiger partial charge in [0.2, 0.25) is 0 Å². The van der Waals surface area contributed by atoms with Crippen LogP contribution in [0.15, 0.2) is 0 Å². The molecule has 0 unspecified atom stereocenters. The molecule has 0 fully saturated rings. The molecule has 0 saturated carbocycles. The second-order valence-corrected chi connectivity index (χ2v) is 15.6. The van der Waals surface area contributed by atoms with Crippen LogP contribution in [0.25, 0.3) is 0 Å². The van der Waals surface area contributed by atoms with Crippen molar-refractivity contribution in [1.82, 2.24) is 0 Å². The molecule has 0 heterocycles. The topological polar surface area (TPSA) is 88.4 Å². The molecule has 0 aromatic carbocycles. The Hall–Kier alpha value is 0.190. The van der Waals surface area contributed by atoms with Gasteiger partial charge in [-0.15, -0.1) is 0 Å². The Morgan fingerprint density at radius 3 is 0.733 bits per heavy atom. The molecule has 6 nitrogen and oxygen atoms in total. The van der Waals surface area contributed by atoms with E-state index in [1.807, 2.05) is 0 Å². The molecular weight excluding hydrogens is 583 g/mol. The minimum atomic E-state index is -4.47. The molecule has 0 amide bonds. The molecule has 0 bridgehead atoms. The van der Waals surface area contributed by atoms with Crippen LogP contribution in [0, 0.1) is 0 Å². The average molecular weight is 665 g/mol. The molecule has 0 aromatic heterocycles. The van der Waals surface area contributed by atoms with Crippen LogP contribution in [0.4, 0.5) is 0 Å². The third-order valence-electron chi connectivity index (χ3n) is 8.91. The molecule has 3 N–H and O–H groups in total. The summed E-state index contributed by atoms with van der Waals surface area (Å²) in [7, 11) is -4.47. The van der Waals surface area contributed by atoms with Gasteiger partial charge in [-0.25, -0.2) is 0 Å². The Labute approximate surface area is 281 Å². The van der Waals surface area contributed by atoms with Crippen molar-refractivity contribution in [2.45, 2.75) is 219 Å². The summed E-state index contributed by atoms with van der Waals surface area (Å²) >= 11 is 0. The molecule has 0 aliphatic rings. The summed E-state index contributed by atoms with van der Waals surface area (Å²) in [5.74, 6) is -1.58. The number of hydrogen-bond acceptors (Lipinski definition) is 6. The van der Waals surface area contributed by atoms with E-state index >= 15 is 0 Å². The van der Waals surface area contributed by atoms with Crippen LogP contribution in [-0.2, 0) is 14.2 Å². The van der Waals surface area contributed by atoms with Crippen molar-refractivity contribution in [3.05, 3.63) is 0 Å². The van der Waals surface area contributed by atoms with Crippen LogP contribution < -0.4 is 0 Å². The summed E-state index contributed by atoms with van der Waals surface area (Å²) in [5, 5.41) is 0. The van der Waals surface area contributed by atoms with E-state index in [0.29, 0.717) is 19.8 Å². The van der Waals surface area contributed by atoms with Gasteiger partial charge in [0.05, 0.1) is 0 Å². The first-order chi connectivity index (χ1) is 21.9. The van der Waals surface area contributed by atoms with Crippen molar-refractivity contribution in [3.63, 3.8) is 0 Å². The van der Waals surface area contributed by atoms with E-state index in [1.54, 1.807) is 0 Å². The number of rotatable bonds is 38. The van der Waals surface area contributed by atoms with Crippen LogP contribution in [0.2, 0.25) is 0 Å². The summed E-state index contributed by atoms with van der Waals surface area (Å²) in [6, 6.07) is 0. The summed E-state index contributed by atoms with van der Waals surface area (Å²) in [4.78, 5) is 30.3. The van der Waals surface area contributed by atoms with E-state index < -0.39 is 20.1 Å². The Bertz CT molecular complexity index is 506. The van der Waals surface area contributed by atoms with Crippen molar-refractivity contribution in [1.29, 1.82) is 0 Å². The fraction of sp³-hybridized carbons (Fsp3) is 1.00. The first kappa shape index (κ1) is 45.2. The zero-order chi connectivity index (χ0) is 33.2. The SMILES string of the molecule is CCCCCCCCCCCCOC(C[PH](O)(O)O)(OCCCCCCCCCCCC)OCCCCCCCCCCCC. The predicted octanol–water partition coefficient (Wildman–Crippen LogP) is 11.9. The second kappa shape index (κ2) is 34.1. The molecule has 0 aliphatic heterocycles. The summed E-state index contributed by atoms with van der Waals surface area (Å²) in [5.41, 5.74) is 0. The Kier molecular flexibility index (Phi) is 34.2. The molecule has 7 heteroatoms. The quantitative estimate of drug-likeness (QED) is 0.0346. The minimum absolute atomic E-state index is 0.409. The van der Waals surface area contributed by atoms with Crippen LogP contribution >= 0.6 is 7.94 Å². The number of ether oxygens (including phenoxy) is 3. The third kappa shape index (κ3) is 33.9. The summed E-state index contributed by atoms with van der Waals surface area (Å²) in [6.45, 7) is 8.05. The Balaban J connectivity index is 4.62. The molecule has 0 saturated heterocycles. The monoisotopic (exact) mass is 665 g/mol. The van der Waals surface area contributed by atoms with E-state index in [9.17, 15) is 14.7 Å². The van der Waals surface area contributed by atoms with Gasteiger partial charge >= 0.3 is 223 Å². The minimum Gasteiger partial charge on any atom is -0.0654 e. The van der Waals surface area contributed by atoms with E-state index in [4.69, 9.17) is 14.2 Å². The molecule has 0 spiro atoms. The van der Waals surface area contributed by atoms with Crippen LogP contribution in [0.3, 0.4) is 0 Å². The van der Waals surface area contributed by atoms with Crippen LogP contribution in [0.5, 0.6) is 0 Å². The van der Waals surface area contributed by atoms with Gasteiger partial charge in [-0.05, 0) is 0 Å². The predicted molar refractivity (Wildman–Crippen MR) is 196 cm³/mol. The molecule has 0 atom stereocenters. The third-order valence-corrected chi connectivity index (χ3v) is 9.82. The zero-order valence-corrected chi connectivity index (χ0v) is 31.6. The molecule has 274 valence electrons. The molecule has 0 rings (SSSR count). The van der Waals surface area contributed by atoms with Gasteiger partial charge in [-0.3, -0.25) is 0 Å². The Morgan fingerprint density at radius 2 is 0.533 bits per heavy atom. The van der Waals surface area contributed by atoms with Gasteiger partial charge in [-0.2, -0.15) is 0 Å². The van der Waals surface area contributed by atoms with Crippen molar-refractivity contribution in [3.8, 4) is 0 Å². The van der Waals surface area contributed by atoms with Gasteiger partial charge < -0.3 is 0 Å². The van der Waals surface area contributed by atoms with E-state index in [0.717, 1.165) is 38.5 Å². The average Bonchev–Trinajstić information content (AvgIpc) is 3.00. The van der Waals surface area contributed by atoms with Gasteiger partial charge in [0.1, 0.15) is 0 Å². The molecule has 0 aromatic rings. The second-order valence-electron chi connectivity index (χ2n) is 13.7. The van der Waals surface area contributed by atoms with Crippen molar-refractivity contribution >= 4 is 7.94 Å². The number of unbranched alkanes of at least 4 members (excludes halogenated alkanes) is 27. The first-order valence-electron chi connectivity index (χ1n) is 20.0. The van der Waals surface area contributed by atoms with E-state index in [-0.39, 0.29) is 0 Å². The normalized spacial score (nSPS) is 12.8.